The van der Waals surface area contributed by atoms with Crippen LogP contribution in [0.1, 0.15) is 36.6 Å². The molecule has 21 heavy (non-hydrogen) atoms. The maximum absolute atomic E-state index is 10.5. The largest absolute Gasteiger partial charge is 0.490 e. The van der Waals surface area contributed by atoms with Gasteiger partial charge in [0.15, 0.2) is 0 Å². The highest BCUT2D eigenvalue weighted by atomic mass is 16.5. The van der Waals surface area contributed by atoms with Crippen LogP contribution in [-0.2, 0) is 5.60 Å². The smallest absolute Gasteiger partial charge is 0.122 e. The number of benzene rings is 2. The van der Waals surface area contributed by atoms with Crippen LogP contribution < -0.4 is 4.74 Å². The molecule has 0 bridgehead atoms. The monoisotopic (exact) mass is 286 g/mol. The van der Waals surface area contributed by atoms with Gasteiger partial charge in [-0.1, -0.05) is 36.4 Å². The van der Waals surface area contributed by atoms with Crippen molar-refractivity contribution in [3.63, 3.8) is 0 Å². The highest BCUT2D eigenvalue weighted by Gasteiger charge is 2.24. The van der Waals surface area contributed by atoms with Crippen LogP contribution in [0.15, 0.2) is 48.5 Å². The van der Waals surface area contributed by atoms with Crippen LogP contribution in [0, 0.1) is 6.92 Å². The van der Waals surface area contributed by atoms with Crippen molar-refractivity contribution in [3.05, 3.63) is 65.2 Å². The normalized spacial score (nSPS) is 15.3. The fourth-order valence-electron chi connectivity index (χ4n) is 2.19. The molecule has 0 aliphatic carbocycles. The Balaban J connectivity index is 2.09. The van der Waals surface area contributed by atoms with Crippen molar-refractivity contribution in [2.24, 2.45) is 0 Å². The Morgan fingerprint density at radius 2 is 1.81 bits per heavy atom. The van der Waals surface area contributed by atoms with Crippen molar-refractivity contribution in [2.75, 3.05) is 6.61 Å². The van der Waals surface area contributed by atoms with E-state index < -0.39 is 11.7 Å². The second-order valence-electron chi connectivity index (χ2n) is 5.63. The van der Waals surface area contributed by atoms with Gasteiger partial charge in [-0.05, 0) is 49.6 Å². The summed E-state index contributed by atoms with van der Waals surface area (Å²) in [7, 11) is 0. The lowest BCUT2D eigenvalue weighted by Crippen LogP contribution is -2.29. The molecule has 0 saturated heterocycles. The van der Waals surface area contributed by atoms with Gasteiger partial charge < -0.3 is 14.9 Å². The predicted octanol–water partition coefficient (Wildman–Crippen LogP) is 3.33. The SMILES string of the molecule is Cc1cc([C@@H](C)O)ccc1OCC(C)(O)c1ccccc1. The van der Waals surface area contributed by atoms with Gasteiger partial charge in [0.05, 0.1) is 6.10 Å². The molecule has 0 spiro atoms. The first-order valence-electron chi connectivity index (χ1n) is 7.09. The van der Waals surface area contributed by atoms with Crippen molar-refractivity contribution in [1.29, 1.82) is 0 Å². The third-order valence-corrected chi connectivity index (χ3v) is 3.59. The van der Waals surface area contributed by atoms with E-state index in [-0.39, 0.29) is 6.61 Å². The van der Waals surface area contributed by atoms with E-state index in [1.165, 1.54) is 0 Å². The molecule has 0 fully saturated rings. The fraction of sp³-hybridized carbons (Fsp3) is 0.333. The van der Waals surface area contributed by atoms with Crippen LogP contribution in [-0.4, -0.2) is 16.8 Å². The highest BCUT2D eigenvalue weighted by molar-refractivity contribution is 5.37. The van der Waals surface area contributed by atoms with Gasteiger partial charge in [0.2, 0.25) is 0 Å². The number of aliphatic hydroxyl groups is 2. The van der Waals surface area contributed by atoms with Gasteiger partial charge in [-0.3, -0.25) is 0 Å². The summed E-state index contributed by atoms with van der Waals surface area (Å²) >= 11 is 0. The van der Waals surface area contributed by atoms with Crippen LogP contribution in [0.25, 0.3) is 0 Å². The van der Waals surface area contributed by atoms with Gasteiger partial charge in [-0.2, -0.15) is 0 Å². The number of aryl methyl sites for hydroxylation is 1. The van der Waals surface area contributed by atoms with Crippen LogP contribution in [0.4, 0.5) is 0 Å². The zero-order valence-electron chi connectivity index (χ0n) is 12.7. The Morgan fingerprint density at radius 3 is 2.38 bits per heavy atom. The quantitative estimate of drug-likeness (QED) is 0.886. The lowest BCUT2D eigenvalue weighted by atomic mass is 9.97. The molecule has 1 unspecified atom stereocenters. The number of rotatable bonds is 5. The first-order chi connectivity index (χ1) is 9.90. The van der Waals surface area contributed by atoms with Gasteiger partial charge in [0.1, 0.15) is 18.0 Å². The molecule has 2 aromatic carbocycles. The van der Waals surface area contributed by atoms with Gasteiger partial charge in [0.25, 0.3) is 0 Å². The van der Waals surface area contributed by atoms with E-state index in [1.807, 2.05) is 55.5 Å². The Labute approximate surface area is 125 Å². The minimum absolute atomic E-state index is 0.172. The van der Waals surface area contributed by atoms with Crippen molar-refractivity contribution >= 4 is 0 Å². The zero-order valence-corrected chi connectivity index (χ0v) is 12.7. The summed E-state index contributed by atoms with van der Waals surface area (Å²) in [6, 6.07) is 15.0. The Hall–Kier alpha value is -1.84. The number of ether oxygens (including phenoxy) is 1. The summed E-state index contributed by atoms with van der Waals surface area (Å²) in [6.45, 7) is 5.57. The van der Waals surface area contributed by atoms with Crippen LogP contribution in [0.5, 0.6) is 5.75 Å². The lowest BCUT2D eigenvalue weighted by Gasteiger charge is -2.24. The molecule has 0 heterocycles. The molecule has 3 heteroatoms. The molecule has 0 aliphatic heterocycles. The summed E-state index contributed by atoms with van der Waals surface area (Å²) in [6.07, 6.45) is -0.495. The van der Waals surface area contributed by atoms with Gasteiger partial charge in [0, 0.05) is 0 Å². The molecule has 0 aromatic heterocycles. The summed E-state index contributed by atoms with van der Waals surface area (Å²) in [5.74, 6) is 0.718. The maximum Gasteiger partial charge on any atom is 0.122 e. The molecule has 0 radical (unpaired) electrons. The molecule has 112 valence electrons. The second-order valence-corrected chi connectivity index (χ2v) is 5.63. The van der Waals surface area contributed by atoms with Gasteiger partial charge in [-0.25, -0.2) is 0 Å². The highest BCUT2D eigenvalue weighted by Crippen LogP contribution is 2.26. The summed E-state index contributed by atoms with van der Waals surface area (Å²) in [4.78, 5) is 0. The van der Waals surface area contributed by atoms with Crippen LogP contribution >= 0.6 is 0 Å². The fourth-order valence-corrected chi connectivity index (χ4v) is 2.19. The van der Waals surface area contributed by atoms with Gasteiger partial charge >= 0.3 is 0 Å². The van der Waals surface area contributed by atoms with E-state index in [1.54, 1.807) is 13.8 Å². The van der Waals surface area contributed by atoms with E-state index in [2.05, 4.69) is 0 Å². The lowest BCUT2D eigenvalue weighted by molar-refractivity contribution is 0.00737. The third-order valence-electron chi connectivity index (χ3n) is 3.59. The second kappa shape index (κ2) is 6.29. The summed E-state index contributed by atoms with van der Waals surface area (Å²) in [5, 5.41) is 20.1. The first kappa shape index (κ1) is 15.5. The van der Waals surface area contributed by atoms with Crippen molar-refractivity contribution in [1.82, 2.24) is 0 Å². The molecule has 0 saturated carbocycles. The van der Waals surface area contributed by atoms with Gasteiger partial charge in [-0.15, -0.1) is 0 Å². The maximum atomic E-state index is 10.5. The number of aliphatic hydroxyl groups excluding tert-OH is 1. The Kier molecular flexibility index (Phi) is 4.66. The Morgan fingerprint density at radius 1 is 1.14 bits per heavy atom. The average Bonchev–Trinajstić information content (AvgIpc) is 2.46. The minimum atomic E-state index is -1.04. The van der Waals surface area contributed by atoms with E-state index in [0.717, 1.165) is 22.4 Å². The van der Waals surface area contributed by atoms with Crippen molar-refractivity contribution in [3.8, 4) is 5.75 Å². The van der Waals surface area contributed by atoms with Crippen molar-refractivity contribution < 1.29 is 14.9 Å². The standard InChI is InChI=1S/C18H22O3/c1-13-11-15(14(2)19)9-10-17(13)21-12-18(3,20)16-7-5-4-6-8-16/h4-11,14,19-20H,12H2,1-3H3/t14-,18?/m1/s1. The Bertz CT molecular complexity index is 589. The van der Waals surface area contributed by atoms with E-state index in [4.69, 9.17) is 4.74 Å². The molecule has 2 N–H and O–H groups in total. The number of hydrogen-bond donors (Lipinski definition) is 2. The van der Waals surface area contributed by atoms with Crippen molar-refractivity contribution in [2.45, 2.75) is 32.5 Å². The van der Waals surface area contributed by atoms with E-state index in [9.17, 15) is 10.2 Å². The molecular formula is C18H22O3. The third kappa shape index (κ3) is 3.84. The average molecular weight is 286 g/mol. The summed E-state index contributed by atoms with van der Waals surface area (Å²) in [5.41, 5.74) is 1.58. The summed E-state index contributed by atoms with van der Waals surface area (Å²) < 4.78 is 5.76. The molecular weight excluding hydrogens is 264 g/mol. The van der Waals surface area contributed by atoms with Crippen LogP contribution in [0.3, 0.4) is 0 Å². The number of hydrogen-bond acceptors (Lipinski definition) is 3. The topological polar surface area (TPSA) is 49.7 Å². The molecule has 2 aromatic rings. The van der Waals surface area contributed by atoms with E-state index in [0.29, 0.717) is 0 Å². The first-order valence-corrected chi connectivity index (χ1v) is 7.09. The molecule has 2 rings (SSSR count). The minimum Gasteiger partial charge on any atom is -0.490 e. The molecule has 0 aliphatic rings. The molecule has 0 amide bonds. The zero-order chi connectivity index (χ0) is 15.5. The molecule has 2 atom stereocenters. The predicted molar refractivity (Wildman–Crippen MR) is 83.3 cm³/mol. The van der Waals surface area contributed by atoms with E-state index >= 15 is 0 Å². The molecule has 3 nitrogen and oxygen atoms in total. The van der Waals surface area contributed by atoms with Crippen LogP contribution in [0.2, 0.25) is 0 Å².